The van der Waals surface area contributed by atoms with E-state index in [0.29, 0.717) is 22.5 Å². The SMILES string of the molecule is COc1ccc(C)cc1C(O)c1cc2cccc(F)c2o1. The lowest BCUT2D eigenvalue weighted by Crippen LogP contribution is -2.01. The van der Waals surface area contributed by atoms with Crippen molar-refractivity contribution in [3.63, 3.8) is 0 Å². The second-order valence-corrected chi connectivity index (χ2v) is 4.95. The summed E-state index contributed by atoms with van der Waals surface area (Å²) in [6.07, 6.45) is -1.01. The molecule has 4 heteroatoms. The maximum absolute atomic E-state index is 13.7. The summed E-state index contributed by atoms with van der Waals surface area (Å²) in [6, 6.07) is 11.8. The third-order valence-electron chi connectivity index (χ3n) is 3.46. The first-order chi connectivity index (χ1) is 10.1. The van der Waals surface area contributed by atoms with Crippen LogP contribution in [0.3, 0.4) is 0 Å². The number of fused-ring (bicyclic) bond motifs is 1. The fraction of sp³-hybridized carbons (Fsp3) is 0.176. The standard InChI is InChI=1S/C17H15FO3/c1-10-6-7-14(20-2)12(8-10)16(19)15-9-11-4-3-5-13(18)17(11)21-15/h3-9,16,19H,1-2H3. The van der Waals surface area contributed by atoms with E-state index >= 15 is 0 Å². The summed E-state index contributed by atoms with van der Waals surface area (Å²) >= 11 is 0. The van der Waals surface area contributed by atoms with E-state index in [-0.39, 0.29) is 5.58 Å². The number of methoxy groups -OCH3 is 1. The number of halogens is 1. The first-order valence-electron chi connectivity index (χ1n) is 6.60. The average molecular weight is 286 g/mol. The van der Waals surface area contributed by atoms with Gasteiger partial charge in [-0.25, -0.2) is 4.39 Å². The summed E-state index contributed by atoms with van der Waals surface area (Å²) in [4.78, 5) is 0. The van der Waals surface area contributed by atoms with Gasteiger partial charge in [0, 0.05) is 10.9 Å². The molecule has 0 spiro atoms. The van der Waals surface area contributed by atoms with E-state index in [0.717, 1.165) is 5.56 Å². The van der Waals surface area contributed by atoms with Gasteiger partial charge < -0.3 is 14.3 Å². The maximum Gasteiger partial charge on any atom is 0.170 e. The molecule has 0 amide bonds. The monoisotopic (exact) mass is 286 g/mol. The van der Waals surface area contributed by atoms with Gasteiger partial charge in [0.2, 0.25) is 0 Å². The van der Waals surface area contributed by atoms with Crippen LogP contribution in [0.25, 0.3) is 11.0 Å². The van der Waals surface area contributed by atoms with Gasteiger partial charge >= 0.3 is 0 Å². The molecule has 0 aliphatic rings. The third kappa shape index (κ3) is 2.38. The molecular formula is C17H15FO3. The van der Waals surface area contributed by atoms with Gasteiger partial charge in [-0.05, 0) is 31.2 Å². The Kier molecular flexibility index (Phi) is 3.39. The summed E-state index contributed by atoms with van der Waals surface area (Å²) in [5.41, 5.74) is 1.74. The molecule has 1 N–H and O–H groups in total. The van der Waals surface area contributed by atoms with Crippen molar-refractivity contribution < 1.29 is 18.7 Å². The van der Waals surface area contributed by atoms with Crippen molar-refractivity contribution in [2.24, 2.45) is 0 Å². The Hall–Kier alpha value is -2.33. The number of ether oxygens (including phenoxy) is 1. The third-order valence-corrected chi connectivity index (χ3v) is 3.46. The number of hydrogen-bond acceptors (Lipinski definition) is 3. The zero-order valence-corrected chi connectivity index (χ0v) is 11.8. The van der Waals surface area contributed by atoms with Crippen LogP contribution in [0, 0.1) is 12.7 Å². The molecule has 3 aromatic rings. The first kappa shape index (κ1) is 13.6. The van der Waals surface area contributed by atoms with Crippen LogP contribution in [0.4, 0.5) is 4.39 Å². The Morgan fingerprint density at radius 2 is 2.00 bits per heavy atom. The molecule has 3 rings (SSSR count). The van der Waals surface area contributed by atoms with Gasteiger partial charge in [-0.15, -0.1) is 0 Å². The Morgan fingerprint density at radius 3 is 2.71 bits per heavy atom. The quantitative estimate of drug-likeness (QED) is 0.792. The van der Waals surface area contributed by atoms with Crippen molar-refractivity contribution in [3.8, 4) is 5.75 Å². The number of aryl methyl sites for hydroxylation is 1. The van der Waals surface area contributed by atoms with Crippen LogP contribution < -0.4 is 4.74 Å². The van der Waals surface area contributed by atoms with E-state index in [1.165, 1.54) is 6.07 Å². The molecule has 1 atom stereocenters. The fourth-order valence-corrected chi connectivity index (χ4v) is 2.40. The molecular weight excluding hydrogens is 271 g/mol. The zero-order chi connectivity index (χ0) is 15.0. The lowest BCUT2D eigenvalue weighted by molar-refractivity contribution is 0.187. The normalized spacial score (nSPS) is 12.6. The lowest BCUT2D eigenvalue weighted by atomic mass is 10.0. The Bertz CT molecular complexity index is 792. The Morgan fingerprint density at radius 1 is 1.19 bits per heavy atom. The zero-order valence-electron chi connectivity index (χ0n) is 11.8. The highest BCUT2D eigenvalue weighted by Gasteiger charge is 2.20. The molecule has 2 aromatic carbocycles. The molecule has 108 valence electrons. The molecule has 21 heavy (non-hydrogen) atoms. The molecule has 0 saturated heterocycles. The summed E-state index contributed by atoms with van der Waals surface area (Å²) in [5.74, 6) is 0.412. The minimum absolute atomic E-state index is 0.151. The summed E-state index contributed by atoms with van der Waals surface area (Å²) in [5, 5.41) is 11.1. The summed E-state index contributed by atoms with van der Waals surface area (Å²) < 4.78 is 24.4. The molecule has 0 aliphatic carbocycles. The second kappa shape index (κ2) is 5.22. The van der Waals surface area contributed by atoms with Crippen LogP contribution in [0.1, 0.15) is 23.0 Å². The molecule has 0 saturated carbocycles. The van der Waals surface area contributed by atoms with Crippen molar-refractivity contribution in [1.29, 1.82) is 0 Å². The highest BCUT2D eigenvalue weighted by atomic mass is 19.1. The number of hydrogen-bond donors (Lipinski definition) is 1. The maximum atomic E-state index is 13.7. The van der Waals surface area contributed by atoms with Gasteiger partial charge in [0.15, 0.2) is 11.4 Å². The minimum atomic E-state index is -1.01. The topological polar surface area (TPSA) is 42.6 Å². The van der Waals surface area contributed by atoms with E-state index in [1.807, 2.05) is 19.1 Å². The van der Waals surface area contributed by atoms with Gasteiger partial charge in [0.1, 0.15) is 17.6 Å². The predicted octanol–water partition coefficient (Wildman–Crippen LogP) is 3.97. The number of aliphatic hydroxyl groups excluding tert-OH is 1. The van der Waals surface area contributed by atoms with Gasteiger partial charge in [0.05, 0.1) is 7.11 Å². The van der Waals surface area contributed by atoms with Crippen LogP contribution in [0.2, 0.25) is 0 Å². The molecule has 3 nitrogen and oxygen atoms in total. The van der Waals surface area contributed by atoms with Crippen molar-refractivity contribution in [2.75, 3.05) is 7.11 Å². The largest absolute Gasteiger partial charge is 0.496 e. The van der Waals surface area contributed by atoms with Crippen LogP contribution in [0.5, 0.6) is 5.75 Å². The number of para-hydroxylation sites is 1. The Balaban J connectivity index is 2.10. The highest BCUT2D eigenvalue weighted by molar-refractivity contribution is 5.78. The van der Waals surface area contributed by atoms with Gasteiger partial charge in [-0.3, -0.25) is 0 Å². The van der Waals surface area contributed by atoms with Crippen LogP contribution in [-0.2, 0) is 0 Å². The van der Waals surface area contributed by atoms with Crippen LogP contribution >= 0.6 is 0 Å². The molecule has 1 unspecified atom stereocenters. The molecule has 1 aromatic heterocycles. The minimum Gasteiger partial charge on any atom is -0.496 e. The average Bonchev–Trinajstić information content (AvgIpc) is 2.92. The molecule has 0 fully saturated rings. The molecule has 0 aliphatic heterocycles. The van der Waals surface area contributed by atoms with E-state index in [2.05, 4.69) is 0 Å². The summed E-state index contributed by atoms with van der Waals surface area (Å²) in [7, 11) is 1.54. The molecule has 0 radical (unpaired) electrons. The van der Waals surface area contributed by atoms with Gasteiger partial charge in [0.25, 0.3) is 0 Å². The number of aliphatic hydroxyl groups is 1. The smallest absolute Gasteiger partial charge is 0.170 e. The van der Waals surface area contributed by atoms with Crippen molar-refractivity contribution in [1.82, 2.24) is 0 Å². The number of benzene rings is 2. The van der Waals surface area contributed by atoms with Gasteiger partial charge in [-0.2, -0.15) is 0 Å². The van der Waals surface area contributed by atoms with E-state index in [4.69, 9.17) is 9.15 Å². The Labute approximate surface area is 121 Å². The fourth-order valence-electron chi connectivity index (χ4n) is 2.40. The van der Waals surface area contributed by atoms with Crippen molar-refractivity contribution >= 4 is 11.0 Å². The van der Waals surface area contributed by atoms with E-state index in [9.17, 15) is 9.50 Å². The van der Waals surface area contributed by atoms with Crippen molar-refractivity contribution in [2.45, 2.75) is 13.0 Å². The van der Waals surface area contributed by atoms with Crippen LogP contribution in [-0.4, -0.2) is 12.2 Å². The predicted molar refractivity (Wildman–Crippen MR) is 78.0 cm³/mol. The van der Waals surface area contributed by atoms with Crippen LogP contribution in [0.15, 0.2) is 46.9 Å². The number of furan rings is 1. The molecule has 1 heterocycles. The lowest BCUT2D eigenvalue weighted by Gasteiger charge is -2.13. The highest BCUT2D eigenvalue weighted by Crippen LogP contribution is 2.34. The first-order valence-corrected chi connectivity index (χ1v) is 6.60. The van der Waals surface area contributed by atoms with E-state index in [1.54, 1.807) is 31.4 Å². The second-order valence-electron chi connectivity index (χ2n) is 4.95. The van der Waals surface area contributed by atoms with Gasteiger partial charge in [-0.1, -0.05) is 23.8 Å². The summed E-state index contributed by atoms with van der Waals surface area (Å²) in [6.45, 7) is 1.92. The van der Waals surface area contributed by atoms with Crippen molar-refractivity contribution in [3.05, 3.63) is 65.2 Å². The number of rotatable bonds is 3. The molecule has 0 bridgehead atoms. The van der Waals surface area contributed by atoms with E-state index < -0.39 is 11.9 Å².